The van der Waals surface area contributed by atoms with Crippen LogP contribution in [0.4, 0.5) is 34.1 Å². The fourth-order valence-electron chi connectivity index (χ4n) is 14.4. The monoisotopic (exact) mass is 854 g/mol. The highest BCUT2D eigenvalue weighted by molar-refractivity contribution is 7.01. The fourth-order valence-corrected chi connectivity index (χ4v) is 14.4. The molecule has 0 atom stereocenters. The quantitative estimate of drug-likeness (QED) is 0.163. The predicted molar refractivity (Wildman–Crippen MR) is 287 cm³/mol. The molecule has 0 spiro atoms. The molecule has 0 N–H and O–H groups in total. The topological polar surface area (TPSA) is 6.48 Å². The molecule has 4 heteroatoms. The molecule has 66 heavy (non-hydrogen) atoms. The minimum atomic E-state index is 0.0743. The highest BCUT2D eigenvalue weighted by Crippen LogP contribution is 2.57. The lowest BCUT2D eigenvalue weighted by molar-refractivity contribution is 0.444. The second kappa shape index (κ2) is 15.3. The van der Waals surface area contributed by atoms with Gasteiger partial charge in [-0.2, -0.15) is 0 Å². The van der Waals surface area contributed by atoms with Crippen LogP contribution in [0.15, 0.2) is 121 Å². The van der Waals surface area contributed by atoms with E-state index in [9.17, 15) is 0 Å². The lowest BCUT2D eigenvalue weighted by Crippen LogP contribution is -2.62. The fraction of sp³-hybridized carbons (Fsp3) is 0.290. The van der Waals surface area contributed by atoms with Crippen molar-refractivity contribution in [2.75, 3.05) is 9.80 Å². The summed E-state index contributed by atoms with van der Waals surface area (Å²) in [6.07, 6.45) is 13.2. The lowest BCUT2D eigenvalue weighted by Gasteiger charge is -2.50. The van der Waals surface area contributed by atoms with Gasteiger partial charge in [-0.3, -0.25) is 0 Å². The van der Waals surface area contributed by atoms with Crippen molar-refractivity contribution in [2.24, 2.45) is 0 Å². The Morgan fingerprint density at radius 1 is 0.379 bits per heavy atom. The standard InChI is InChI=1S/C62H60B2N2/c1-37-29-39(3)57(40(4)30-37)63-51-33-45(43-17-9-7-10-18-43)25-27-53(51)65-56-36-48-22-14-16-24-50(48)60-62(56)66(55-35-47-21-13-15-23-49(47)59(63)61(55)65)54-28-26-46(44-19-11-8-12-20-44)34-52(54)64(60)58-41(5)31-38(2)32-42(58)6/h13-16,21-36,43-44H,7-12,17-20H2,1-6H3. The number of rotatable bonds is 4. The van der Waals surface area contributed by atoms with Gasteiger partial charge in [-0.15, -0.1) is 0 Å². The molecule has 0 bridgehead atoms. The Bertz CT molecular complexity index is 3060. The van der Waals surface area contributed by atoms with Crippen LogP contribution in [0.25, 0.3) is 21.5 Å². The van der Waals surface area contributed by atoms with Crippen LogP contribution >= 0.6 is 0 Å². The summed E-state index contributed by atoms with van der Waals surface area (Å²) in [4.78, 5) is 5.50. The van der Waals surface area contributed by atoms with Gasteiger partial charge in [-0.25, -0.2) is 0 Å². The molecule has 2 aliphatic carbocycles. The number of hydrogen-bond donors (Lipinski definition) is 0. The molecule has 2 fully saturated rings. The molecule has 0 aromatic heterocycles. The van der Waals surface area contributed by atoms with Crippen LogP contribution in [0.2, 0.25) is 0 Å². The minimum Gasteiger partial charge on any atom is -0.307 e. The average Bonchev–Trinajstić information content (AvgIpc) is 3.32. The molecule has 2 nitrogen and oxygen atoms in total. The summed E-state index contributed by atoms with van der Waals surface area (Å²) in [6.45, 7) is 14.2. The SMILES string of the molecule is Cc1cc(C)c(B2c3cc(C4CCCCC4)ccc3N3c4cc5ccccc5c5c4N(c4ccc(C6CCCCC6)cc4B5c4c(C)cc(C)cc4C)c4cc5ccccc5c2c43)c(C)c1. The summed E-state index contributed by atoms with van der Waals surface area (Å²) >= 11 is 0. The molecular formula is C62H60B2N2. The third-order valence-electron chi connectivity index (χ3n) is 17.0. The highest BCUT2D eigenvalue weighted by Gasteiger charge is 2.48. The molecule has 0 unspecified atom stereocenters. The van der Waals surface area contributed by atoms with Gasteiger partial charge in [0.1, 0.15) is 0 Å². The first kappa shape index (κ1) is 40.3. The number of hydrogen-bond acceptors (Lipinski definition) is 2. The number of fused-ring (bicyclic) bond motifs is 10. The molecule has 0 amide bonds. The van der Waals surface area contributed by atoms with Gasteiger partial charge < -0.3 is 9.80 Å². The zero-order valence-corrected chi connectivity index (χ0v) is 39.8. The van der Waals surface area contributed by atoms with E-state index >= 15 is 0 Å². The van der Waals surface area contributed by atoms with Gasteiger partial charge in [0, 0.05) is 11.4 Å². The first-order valence-electron chi connectivity index (χ1n) is 25.4. The zero-order chi connectivity index (χ0) is 44.5. The first-order valence-corrected chi connectivity index (χ1v) is 25.4. The van der Waals surface area contributed by atoms with E-state index in [1.807, 2.05) is 0 Å². The number of aryl methyl sites for hydroxylation is 6. The molecule has 2 saturated carbocycles. The van der Waals surface area contributed by atoms with Crippen molar-refractivity contribution < 1.29 is 0 Å². The molecular weight excluding hydrogens is 794 g/mol. The molecule has 0 saturated heterocycles. The Labute approximate surface area is 393 Å². The van der Waals surface area contributed by atoms with Crippen LogP contribution in [0.3, 0.4) is 0 Å². The van der Waals surface area contributed by atoms with Crippen molar-refractivity contribution in [3.63, 3.8) is 0 Å². The Hall–Kier alpha value is -5.99. The van der Waals surface area contributed by atoms with Crippen molar-refractivity contribution in [1.82, 2.24) is 0 Å². The molecule has 5 aliphatic rings. The van der Waals surface area contributed by atoms with Crippen LogP contribution in [-0.2, 0) is 0 Å². The Kier molecular flexibility index (Phi) is 9.33. The van der Waals surface area contributed by atoms with Gasteiger partial charge in [-0.05, 0) is 158 Å². The van der Waals surface area contributed by atoms with E-state index < -0.39 is 0 Å². The van der Waals surface area contributed by atoms with Gasteiger partial charge in [0.05, 0.1) is 22.7 Å². The van der Waals surface area contributed by atoms with Crippen LogP contribution in [0, 0.1) is 41.5 Å². The van der Waals surface area contributed by atoms with Crippen molar-refractivity contribution in [1.29, 1.82) is 0 Å². The predicted octanol–water partition coefficient (Wildman–Crippen LogP) is 12.9. The van der Waals surface area contributed by atoms with E-state index in [0.717, 1.165) is 0 Å². The van der Waals surface area contributed by atoms with E-state index in [2.05, 4.69) is 173 Å². The summed E-state index contributed by atoms with van der Waals surface area (Å²) in [6, 6.07) is 49.0. The summed E-state index contributed by atoms with van der Waals surface area (Å²) in [7, 11) is 0. The molecule has 13 rings (SSSR count). The molecule has 324 valence electrons. The van der Waals surface area contributed by atoms with E-state index in [4.69, 9.17) is 0 Å². The van der Waals surface area contributed by atoms with Crippen LogP contribution in [0.5, 0.6) is 0 Å². The largest absolute Gasteiger partial charge is 0.307 e. The maximum Gasteiger partial charge on any atom is 0.248 e. The Balaban J connectivity index is 1.19. The molecule has 8 aromatic carbocycles. The highest BCUT2D eigenvalue weighted by atomic mass is 15.3. The maximum absolute atomic E-state index is 2.75. The number of benzene rings is 8. The summed E-state index contributed by atoms with van der Waals surface area (Å²) < 4.78 is 0. The number of anilines is 6. The third kappa shape index (κ3) is 5.95. The van der Waals surface area contributed by atoms with E-state index in [1.54, 1.807) is 0 Å². The van der Waals surface area contributed by atoms with Gasteiger partial charge in [0.15, 0.2) is 0 Å². The van der Waals surface area contributed by atoms with E-state index in [-0.39, 0.29) is 13.4 Å². The van der Waals surface area contributed by atoms with Crippen molar-refractivity contribution in [2.45, 2.75) is 118 Å². The summed E-state index contributed by atoms with van der Waals surface area (Å²) in [5, 5.41) is 5.34. The Morgan fingerprint density at radius 3 is 1.15 bits per heavy atom. The van der Waals surface area contributed by atoms with Gasteiger partial charge in [-0.1, -0.05) is 180 Å². The third-order valence-corrected chi connectivity index (χ3v) is 17.0. The second-order valence-corrected chi connectivity index (χ2v) is 21.2. The van der Waals surface area contributed by atoms with E-state index in [0.29, 0.717) is 11.8 Å². The summed E-state index contributed by atoms with van der Waals surface area (Å²) in [5.74, 6) is 1.22. The Morgan fingerprint density at radius 2 is 0.758 bits per heavy atom. The maximum atomic E-state index is 2.75. The molecule has 0 radical (unpaired) electrons. The lowest BCUT2D eigenvalue weighted by atomic mass is 9.32. The van der Waals surface area contributed by atoms with Crippen LogP contribution < -0.4 is 42.6 Å². The zero-order valence-electron chi connectivity index (χ0n) is 39.8. The van der Waals surface area contributed by atoms with Crippen molar-refractivity contribution in [3.05, 3.63) is 166 Å². The van der Waals surface area contributed by atoms with Crippen molar-refractivity contribution >= 4 is 102 Å². The van der Waals surface area contributed by atoms with E-state index in [1.165, 1.54) is 197 Å². The van der Waals surface area contributed by atoms with Gasteiger partial charge in [0.2, 0.25) is 13.4 Å². The van der Waals surface area contributed by atoms with Gasteiger partial charge >= 0.3 is 0 Å². The normalized spacial score (nSPS) is 16.7. The van der Waals surface area contributed by atoms with Crippen LogP contribution in [0.1, 0.15) is 121 Å². The van der Waals surface area contributed by atoms with Gasteiger partial charge in [0.25, 0.3) is 0 Å². The smallest absolute Gasteiger partial charge is 0.248 e. The first-order chi connectivity index (χ1) is 32.2. The van der Waals surface area contributed by atoms with Crippen molar-refractivity contribution in [3.8, 4) is 0 Å². The molecule has 8 aromatic rings. The molecule has 3 heterocycles. The number of nitrogens with zero attached hydrogens (tertiary/aromatic N) is 2. The summed E-state index contributed by atoms with van der Waals surface area (Å²) in [5.41, 5.74) is 27.9. The molecule has 3 aliphatic heterocycles. The minimum absolute atomic E-state index is 0.0743. The van der Waals surface area contributed by atoms with Crippen LogP contribution in [-0.4, -0.2) is 13.4 Å². The second-order valence-electron chi connectivity index (χ2n) is 21.2. The average molecular weight is 855 g/mol.